The van der Waals surface area contributed by atoms with E-state index in [1.807, 2.05) is 13.8 Å². The first-order chi connectivity index (χ1) is 18.5. The number of carbonyl (C=O) groups excluding carboxylic acids is 3. The van der Waals surface area contributed by atoms with Crippen molar-refractivity contribution in [3.8, 4) is 0 Å². The Kier molecular flexibility index (Phi) is 9.76. The summed E-state index contributed by atoms with van der Waals surface area (Å²) in [4.78, 5) is 61.0. The van der Waals surface area contributed by atoms with E-state index < -0.39 is 26.6 Å². The SMILES string of the molecule is CCCNC(=O)c1cn2ncnc(Nc3cc(C(=O)N(CCC)C(=O)OCOP(=O)(O)O)ccc3C)c2c1C. The number of imide groups is 1. The van der Waals surface area contributed by atoms with Gasteiger partial charge >= 0.3 is 13.9 Å². The van der Waals surface area contributed by atoms with E-state index in [0.717, 1.165) is 16.9 Å². The average molecular weight is 563 g/mol. The van der Waals surface area contributed by atoms with Gasteiger partial charge in [-0.25, -0.2) is 28.3 Å². The Morgan fingerprint density at radius 3 is 2.56 bits per heavy atom. The summed E-state index contributed by atoms with van der Waals surface area (Å²) in [5.74, 6) is -0.490. The number of phosphoric ester groups is 1. The number of hydrogen-bond donors (Lipinski definition) is 4. The molecule has 15 heteroatoms. The number of hydrogen-bond acceptors (Lipinski definition) is 9. The summed E-state index contributed by atoms with van der Waals surface area (Å²) < 4.78 is 21.2. The van der Waals surface area contributed by atoms with Crippen molar-refractivity contribution in [2.75, 3.05) is 25.2 Å². The molecule has 39 heavy (non-hydrogen) atoms. The lowest BCUT2D eigenvalue weighted by Gasteiger charge is -2.20. The number of anilines is 2. The maximum absolute atomic E-state index is 13.2. The van der Waals surface area contributed by atoms with Crippen LogP contribution in [-0.4, -0.2) is 67.1 Å². The third-order valence-electron chi connectivity index (χ3n) is 5.66. The molecule has 0 radical (unpaired) electrons. The van der Waals surface area contributed by atoms with Crippen molar-refractivity contribution in [1.29, 1.82) is 0 Å². The number of phosphoric acid groups is 1. The molecular weight excluding hydrogens is 531 g/mol. The van der Waals surface area contributed by atoms with Crippen molar-refractivity contribution in [2.45, 2.75) is 40.5 Å². The molecule has 2 aromatic heterocycles. The molecule has 0 spiro atoms. The van der Waals surface area contributed by atoms with Crippen molar-refractivity contribution in [1.82, 2.24) is 24.8 Å². The lowest BCUT2D eigenvalue weighted by molar-refractivity contribution is 0.0203. The van der Waals surface area contributed by atoms with Crippen LogP contribution >= 0.6 is 7.82 Å². The Morgan fingerprint density at radius 2 is 1.90 bits per heavy atom. The number of amides is 3. The van der Waals surface area contributed by atoms with Crippen LogP contribution in [0.3, 0.4) is 0 Å². The molecule has 210 valence electrons. The normalized spacial score (nSPS) is 11.3. The monoisotopic (exact) mass is 562 g/mol. The predicted molar refractivity (Wildman–Crippen MR) is 141 cm³/mol. The molecule has 0 bridgehead atoms. The molecule has 3 rings (SSSR count). The van der Waals surface area contributed by atoms with Gasteiger partial charge in [0.2, 0.25) is 6.79 Å². The molecule has 0 saturated carbocycles. The summed E-state index contributed by atoms with van der Waals surface area (Å²) >= 11 is 0. The van der Waals surface area contributed by atoms with Crippen LogP contribution in [0.4, 0.5) is 16.3 Å². The molecule has 0 aliphatic carbocycles. The molecule has 0 atom stereocenters. The van der Waals surface area contributed by atoms with Gasteiger partial charge in [-0.15, -0.1) is 0 Å². The fraction of sp³-hybridized carbons (Fsp3) is 0.375. The Balaban J connectivity index is 1.88. The first-order valence-electron chi connectivity index (χ1n) is 12.1. The second kappa shape index (κ2) is 12.8. The maximum atomic E-state index is 13.2. The standard InChI is InChI=1S/C24H31N6O8P/c1-5-9-25-22(31)18-12-30-20(16(18)4)21(26-13-27-30)28-19-11-17(8-7-15(19)3)23(32)29(10-6-2)24(33)37-14-38-39(34,35)36/h7-8,11-13H,5-6,9-10,14H2,1-4H3,(H,25,31)(H,26,27,28)(H2,34,35,36). The Labute approximate surface area is 224 Å². The number of aryl methyl sites for hydroxylation is 2. The van der Waals surface area contributed by atoms with Crippen molar-refractivity contribution < 1.29 is 38.0 Å². The van der Waals surface area contributed by atoms with Gasteiger partial charge in [-0.05, 0) is 49.9 Å². The quantitative estimate of drug-likeness (QED) is 0.199. The molecule has 3 aromatic rings. The van der Waals surface area contributed by atoms with E-state index in [4.69, 9.17) is 14.5 Å². The summed E-state index contributed by atoms with van der Waals surface area (Å²) in [5, 5.41) is 10.3. The zero-order valence-electron chi connectivity index (χ0n) is 22.0. The van der Waals surface area contributed by atoms with Gasteiger partial charge in [-0.1, -0.05) is 19.9 Å². The van der Waals surface area contributed by atoms with E-state index in [1.165, 1.54) is 6.33 Å². The summed E-state index contributed by atoms with van der Waals surface area (Å²) in [7, 11) is -4.85. The maximum Gasteiger partial charge on any atom is 0.472 e. The fourth-order valence-corrected chi connectivity index (χ4v) is 3.90. The van der Waals surface area contributed by atoms with E-state index in [1.54, 1.807) is 42.8 Å². The minimum absolute atomic E-state index is 0.00295. The van der Waals surface area contributed by atoms with Crippen LogP contribution in [0.15, 0.2) is 30.7 Å². The number of fused-ring (bicyclic) bond motifs is 1. The summed E-state index contributed by atoms with van der Waals surface area (Å²) in [6, 6.07) is 4.78. The molecule has 3 amide bonds. The van der Waals surface area contributed by atoms with E-state index in [9.17, 15) is 18.9 Å². The topological polar surface area (TPSA) is 185 Å². The Morgan fingerprint density at radius 1 is 1.15 bits per heavy atom. The van der Waals surface area contributed by atoms with E-state index >= 15 is 0 Å². The summed E-state index contributed by atoms with van der Waals surface area (Å²) in [6.45, 7) is 6.85. The highest BCUT2D eigenvalue weighted by Crippen LogP contribution is 2.35. The van der Waals surface area contributed by atoms with Gasteiger partial charge in [0, 0.05) is 30.5 Å². The number of nitrogens with zero attached hydrogens (tertiary/aromatic N) is 4. The highest BCUT2D eigenvalue weighted by Gasteiger charge is 2.26. The first kappa shape index (κ1) is 29.7. The van der Waals surface area contributed by atoms with Gasteiger partial charge < -0.3 is 25.2 Å². The molecule has 0 aliphatic heterocycles. The highest BCUT2D eigenvalue weighted by molar-refractivity contribution is 7.46. The Hall–Kier alpha value is -3.84. The lowest BCUT2D eigenvalue weighted by Crippen LogP contribution is -2.38. The van der Waals surface area contributed by atoms with Crippen molar-refractivity contribution in [2.24, 2.45) is 0 Å². The van der Waals surface area contributed by atoms with Gasteiger partial charge in [0.05, 0.1) is 5.56 Å². The molecular formula is C24H31N6O8P. The van der Waals surface area contributed by atoms with Crippen LogP contribution < -0.4 is 10.6 Å². The second-order valence-electron chi connectivity index (χ2n) is 8.58. The zero-order valence-corrected chi connectivity index (χ0v) is 22.9. The molecule has 0 unspecified atom stereocenters. The van der Waals surface area contributed by atoms with Crippen LogP contribution in [0.2, 0.25) is 0 Å². The average Bonchev–Trinajstić information content (AvgIpc) is 3.23. The molecule has 0 fully saturated rings. The van der Waals surface area contributed by atoms with E-state index in [0.29, 0.717) is 41.1 Å². The van der Waals surface area contributed by atoms with E-state index in [2.05, 4.69) is 25.2 Å². The summed E-state index contributed by atoms with van der Waals surface area (Å²) in [5.41, 5.74) is 3.16. The number of ether oxygens (including phenoxy) is 1. The highest BCUT2D eigenvalue weighted by atomic mass is 31.2. The van der Waals surface area contributed by atoms with Crippen LogP contribution in [0.25, 0.3) is 5.52 Å². The third-order valence-corrected chi connectivity index (χ3v) is 6.10. The summed E-state index contributed by atoms with van der Waals surface area (Å²) in [6.07, 6.45) is 3.07. The largest absolute Gasteiger partial charge is 0.472 e. The van der Waals surface area contributed by atoms with Crippen molar-refractivity contribution in [3.05, 3.63) is 53.0 Å². The van der Waals surface area contributed by atoms with Gasteiger partial charge in [-0.2, -0.15) is 5.10 Å². The number of benzene rings is 1. The fourth-order valence-electron chi connectivity index (χ4n) is 3.71. The van der Waals surface area contributed by atoms with Gasteiger partial charge in [0.25, 0.3) is 11.8 Å². The molecule has 0 saturated heterocycles. The van der Waals surface area contributed by atoms with Crippen molar-refractivity contribution in [3.63, 3.8) is 0 Å². The first-order valence-corrected chi connectivity index (χ1v) is 13.7. The van der Waals surface area contributed by atoms with Crippen LogP contribution in [0.1, 0.15) is 58.5 Å². The Bertz CT molecular complexity index is 1420. The number of aromatic nitrogens is 3. The second-order valence-corrected chi connectivity index (χ2v) is 9.82. The third kappa shape index (κ3) is 7.39. The van der Waals surface area contributed by atoms with E-state index in [-0.39, 0.29) is 18.0 Å². The van der Waals surface area contributed by atoms with Gasteiger partial charge in [0.1, 0.15) is 11.8 Å². The predicted octanol–water partition coefficient (Wildman–Crippen LogP) is 3.29. The van der Waals surface area contributed by atoms with Crippen LogP contribution in [-0.2, 0) is 13.8 Å². The minimum Gasteiger partial charge on any atom is -0.421 e. The lowest BCUT2D eigenvalue weighted by atomic mass is 10.1. The minimum atomic E-state index is -4.85. The number of carbonyl (C=O) groups is 3. The van der Waals surface area contributed by atoms with Crippen LogP contribution in [0.5, 0.6) is 0 Å². The van der Waals surface area contributed by atoms with Gasteiger partial charge in [-0.3, -0.25) is 9.59 Å². The van der Waals surface area contributed by atoms with Crippen molar-refractivity contribution >= 4 is 42.8 Å². The number of rotatable bonds is 11. The number of nitrogens with one attached hydrogen (secondary N) is 2. The molecule has 1 aromatic carbocycles. The molecule has 0 aliphatic rings. The molecule has 4 N–H and O–H groups in total. The zero-order chi connectivity index (χ0) is 28.7. The van der Waals surface area contributed by atoms with Gasteiger partial charge in [0.15, 0.2) is 5.82 Å². The smallest absolute Gasteiger partial charge is 0.421 e. The van der Waals surface area contributed by atoms with Crippen LogP contribution in [0, 0.1) is 13.8 Å². The molecule has 2 heterocycles. The molecule has 14 nitrogen and oxygen atoms in total.